The van der Waals surface area contributed by atoms with Gasteiger partial charge in [-0.05, 0) is 43.4 Å². The van der Waals surface area contributed by atoms with Gasteiger partial charge in [0.15, 0.2) is 0 Å². The maximum absolute atomic E-state index is 11.1. The van der Waals surface area contributed by atoms with Crippen LogP contribution in [0.3, 0.4) is 0 Å². The number of alkyl halides is 1. The van der Waals surface area contributed by atoms with Gasteiger partial charge in [-0.25, -0.2) is 0 Å². The van der Waals surface area contributed by atoms with Crippen LogP contribution in [0.5, 0.6) is 0 Å². The van der Waals surface area contributed by atoms with E-state index in [-0.39, 0.29) is 12.1 Å². The summed E-state index contributed by atoms with van der Waals surface area (Å²) < 4.78 is 4.59. The van der Waals surface area contributed by atoms with Crippen molar-refractivity contribution in [2.45, 2.75) is 69.3 Å². The van der Waals surface area contributed by atoms with Crippen molar-refractivity contribution >= 4 is 29.2 Å². The number of hydrogen-bond donors (Lipinski definition) is 1. The number of aliphatic hydroxyl groups excluding tert-OH is 1. The number of aryl methyl sites for hydroxylation is 1. The lowest BCUT2D eigenvalue weighted by atomic mass is 10.0. The van der Waals surface area contributed by atoms with Gasteiger partial charge in [-0.15, -0.1) is 11.6 Å². The van der Waals surface area contributed by atoms with Crippen LogP contribution in [-0.4, -0.2) is 29.7 Å². The highest BCUT2D eigenvalue weighted by Crippen LogP contribution is 2.16. The number of rotatable bonds is 12. The predicted octanol–water partition coefficient (Wildman–Crippen LogP) is 5.14. The Morgan fingerprint density at radius 2 is 1.62 bits per heavy atom. The van der Waals surface area contributed by atoms with Crippen LogP contribution in [0.25, 0.3) is 0 Å². The molecule has 1 N–H and O–H groups in total. The van der Waals surface area contributed by atoms with Crippen LogP contribution in [-0.2, 0) is 16.0 Å². The Bertz CT molecular complexity index is 462. The SMILES string of the molecule is COC(=O)C(Cl)CCCCCCCC(O)CCc1ccc(Cl)cc1. The van der Waals surface area contributed by atoms with Gasteiger partial charge in [-0.3, -0.25) is 4.79 Å². The summed E-state index contributed by atoms with van der Waals surface area (Å²) >= 11 is 11.7. The fraction of sp³-hybridized carbons (Fsp3) is 0.632. The first-order valence-electron chi connectivity index (χ1n) is 8.67. The normalized spacial score (nSPS) is 13.5. The zero-order chi connectivity index (χ0) is 17.8. The van der Waals surface area contributed by atoms with E-state index in [1.807, 2.05) is 24.3 Å². The average Bonchev–Trinajstić information content (AvgIpc) is 2.59. The highest BCUT2D eigenvalue weighted by Gasteiger charge is 2.14. The molecule has 0 heterocycles. The predicted molar refractivity (Wildman–Crippen MR) is 99.8 cm³/mol. The molecule has 0 aromatic heterocycles. The van der Waals surface area contributed by atoms with Gasteiger partial charge in [-0.2, -0.15) is 0 Å². The van der Waals surface area contributed by atoms with Gasteiger partial charge in [0.1, 0.15) is 5.38 Å². The van der Waals surface area contributed by atoms with Gasteiger partial charge >= 0.3 is 5.97 Å². The highest BCUT2D eigenvalue weighted by molar-refractivity contribution is 6.30. The lowest BCUT2D eigenvalue weighted by Crippen LogP contribution is -2.15. The molecule has 3 nitrogen and oxygen atoms in total. The summed E-state index contributed by atoms with van der Waals surface area (Å²) in [6, 6.07) is 7.78. The Kier molecular flexibility index (Phi) is 11.1. The zero-order valence-electron chi connectivity index (χ0n) is 14.3. The van der Waals surface area contributed by atoms with Gasteiger partial charge < -0.3 is 9.84 Å². The van der Waals surface area contributed by atoms with E-state index in [0.717, 1.165) is 56.4 Å². The molecule has 5 heteroatoms. The molecule has 24 heavy (non-hydrogen) atoms. The van der Waals surface area contributed by atoms with E-state index in [1.165, 1.54) is 12.7 Å². The summed E-state index contributed by atoms with van der Waals surface area (Å²) in [6.07, 6.45) is 8.15. The Morgan fingerprint density at radius 3 is 2.25 bits per heavy atom. The molecule has 1 rings (SSSR count). The second kappa shape index (κ2) is 12.6. The van der Waals surface area contributed by atoms with Crippen LogP contribution in [0.2, 0.25) is 5.02 Å². The van der Waals surface area contributed by atoms with Crippen LogP contribution < -0.4 is 0 Å². The number of halogens is 2. The van der Waals surface area contributed by atoms with Crippen LogP contribution in [0.15, 0.2) is 24.3 Å². The Balaban J connectivity index is 1.98. The van der Waals surface area contributed by atoms with Gasteiger partial charge in [0, 0.05) is 5.02 Å². The number of benzene rings is 1. The van der Waals surface area contributed by atoms with Crippen molar-refractivity contribution in [3.63, 3.8) is 0 Å². The first-order valence-corrected chi connectivity index (χ1v) is 9.48. The van der Waals surface area contributed by atoms with E-state index in [0.29, 0.717) is 6.42 Å². The third-order valence-electron chi connectivity index (χ3n) is 4.13. The van der Waals surface area contributed by atoms with Crippen molar-refractivity contribution in [3.8, 4) is 0 Å². The number of hydrogen-bond acceptors (Lipinski definition) is 3. The summed E-state index contributed by atoms with van der Waals surface area (Å²) in [7, 11) is 1.36. The number of unbranched alkanes of at least 4 members (excludes halogenated alkanes) is 4. The molecule has 0 bridgehead atoms. The summed E-state index contributed by atoms with van der Waals surface area (Å²) in [5, 5.41) is 10.3. The molecule has 0 saturated heterocycles. The van der Waals surface area contributed by atoms with E-state index < -0.39 is 5.38 Å². The number of carbonyl (C=O) groups is 1. The van der Waals surface area contributed by atoms with Crippen molar-refractivity contribution in [2.75, 3.05) is 7.11 Å². The molecule has 0 saturated carbocycles. The number of methoxy groups -OCH3 is 1. The molecular formula is C19H28Cl2O3. The topological polar surface area (TPSA) is 46.5 Å². The van der Waals surface area contributed by atoms with E-state index in [1.54, 1.807) is 0 Å². The fourth-order valence-electron chi connectivity index (χ4n) is 2.61. The minimum absolute atomic E-state index is 0.243. The standard InChI is InChI=1S/C19H28Cl2O3/c1-24-19(23)18(21)8-6-4-2-3-5-7-17(22)14-11-15-9-12-16(20)13-10-15/h9-10,12-13,17-18,22H,2-8,11,14H2,1H3. The monoisotopic (exact) mass is 374 g/mol. The van der Waals surface area contributed by atoms with Crippen LogP contribution >= 0.6 is 23.2 Å². The lowest BCUT2D eigenvalue weighted by Gasteiger charge is -2.11. The van der Waals surface area contributed by atoms with Crippen molar-refractivity contribution in [2.24, 2.45) is 0 Å². The summed E-state index contributed by atoms with van der Waals surface area (Å²) in [5.74, 6) is -0.347. The van der Waals surface area contributed by atoms with Gasteiger partial charge in [0.05, 0.1) is 13.2 Å². The van der Waals surface area contributed by atoms with Crippen LogP contribution in [0, 0.1) is 0 Å². The molecule has 0 spiro atoms. The number of aliphatic hydroxyl groups is 1. The van der Waals surface area contributed by atoms with Crippen LogP contribution in [0.1, 0.15) is 56.9 Å². The first kappa shape index (κ1) is 21.3. The summed E-state index contributed by atoms with van der Waals surface area (Å²) in [4.78, 5) is 11.1. The fourth-order valence-corrected chi connectivity index (χ4v) is 2.98. The zero-order valence-corrected chi connectivity index (χ0v) is 15.9. The molecule has 1 aromatic rings. The third kappa shape index (κ3) is 9.51. The number of esters is 1. The molecule has 0 fully saturated rings. The molecular weight excluding hydrogens is 347 g/mol. The molecule has 0 aliphatic rings. The summed E-state index contributed by atoms with van der Waals surface area (Å²) in [5.41, 5.74) is 1.21. The maximum Gasteiger partial charge on any atom is 0.323 e. The second-order valence-electron chi connectivity index (χ2n) is 6.15. The van der Waals surface area contributed by atoms with Crippen molar-refractivity contribution < 1.29 is 14.6 Å². The summed E-state index contributed by atoms with van der Waals surface area (Å²) in [6.45, 7) is 0. The molecule has 1 aromatic carbocycles. The third-order valence-corrected chi connectivity index (χ3v) is 4.78. The Hall–Kier alpha value is -0.770. The highest BCUT2D eigenvalue weighted by atomic mass is 35.5. The molecule has 0 aliphatic heterocycles. The minimum atomic E-state index is -0.523. The van der Waals surface area contributed by atoms with Gasteiger partial charge in [0.2, 0.25) is 0 Å². The second-order valence-corrected chi connectivity index (χ2v) is 7.12. The molecule has 136 valence electrons. The van der Waals surface area contributed by atoms with Crippen molar-refractivity contribution in [1.82, 2.24) is 0 Å². The van der Waals surface area contributed by atoms with E-state index >= 15 is 0 Å². The largest absolute Gasteiger partial charge is 0.468 e. The lowest BCUT2D eigenvalue weighted by molar-refractivity contribution is -0.140. The Labute approximate surface area is 155 Å². The first-order chi connectivity index (χ1) is 11.5. The molecule has 2 atom stereocenters. The number of carbonyl (C=O) groups excluding carboxylic acids is 1. The van der Waals surface area contributed by atoms with E-state index in [9.17, 15) is 9.90 Å². The number of ether oxygens (including phenoxy) is 1. The van der Waals surface area contributed by atoms with Crippen molar-refractivity contribution in [3.05, 3.63) is 34.9 Å². The average molecular weight is 375 g/mol. The quantitative estimate of drug-likeness (QED) is 0.312. The smallest absolute Gasteiger partial charge is 0.323 e. The maximum atomic E-state index is 11.1. The molecule has 2 unspecified atom stereocenters. The Morgan fingerprint density at radius 1 is 1.04 bits per heavy atom. The van der Waals surface area contributed by atoms with Crippen molar-refractivity contribution in [1.29, 1.82) is 0 Å². The van der Waals surface area contributed by atoms with E-state index in [4.69, 9.17) is 23.2 Å². The molecule has 0 amide bonds. The van der Waals surface area contributed by atoms with Gasteiger partial charge in [-0.1, -0.05) is 55.8 Å². The van der Waals surface area contributed by atoms with E-state index in [2.05, 4.69) is 4.74 Å². The molecule has 0 aliphatic carbocycles. The van der Waals surface area contributed by atoms with Crippen LogP contribution in [0.4, 0.5) is 0 Å². The minimum Gasteiger partial charge on any atom is -0.468 e. The molecule has 0 radical (unpaired) electrons. The van der Waals surface area contributed by atoms with Gasteiger partial charge in [0.25, 0.3) is 0 Å².